The van der Waals surface area contributed by atoms with E-state index in [1.54, 1.807) is 7.05 Å². The molecule has 168 valence electrons. The van der Waals surface area contributed by atoms with Gasteiger partial charge in [-0.25, -0.2) is 4.79 Å². The van der Waals surface area contributed by atoms with Gasteiger partial charge in [-0.15, -0.1) is 0 Å². The van der Waals surface area contributed by atoms with Gasteiger partial charge in [-0.05, 0) is 24.7 Å². The first kappa shape index (κ1) is 24.6. The first-order valence-corrected chi connectivity index (χ1v) is 9.22. The van der Waals surface area contributed by atoms with Gasteiger partial charge in [0.2, 0.25) is 25.9 Å². The van der Waals surface area contributed by atoms with Gasteiger partial charge < -0.3 is 45.3 Å². The molecule has 5 unspecified atom stereocenters. The molecule has 1 fully saturated rings. The van der Waals surface area contributed by atoms with Crippen LogP contribution in [0.5, 0.6) is 5.75 Å². The molecule has 0 aliphatic carbocycles. The number of carbonyl (C=O) groups excluding carboxylic acids is 2. The number of nitrogens with one attached hydrogen (secondary N) is 2. The molecule has 1 aliphatic heterocycles. The molecule has 1 aromatic carbocycles. The largest absolute Gasteiger partial charge is 0.479 e. The maximum Gasteiger partial charge on any atom is 0.335 e. The number of carbonyl (C=O) groups is 3. The van der Waals surface area contributed by atoms with Crippen molar-refractivity contribution in [2.45, 2.75) is 43.7 Å². The molecule has 0 aromatic heterocycles. The van der Waals surface area contributed by atoms with Gasteiger partial charge in [0.1, 0.15) is 30.7 Å². The molecular weight excluding hydrogens is 415 g/mol. The average Bonchev–Trinajstić information content (AvgIpc) is 2.72. The molecule has 1 heterocycles. The van der Waals surface area contributed by atoms with E-state index in [-0.39, 0.29) is 24.5 Å². The van der Waals surface area contributed by atoms with Gasteiger partial charge in [-0.3, -0.25) is 9.59 Å². The van der Waals surface area contributed by atoms with Crippen LogP contribution < -0.4 is 15.4 Å². The van der Waals surface area contributed by atoms with Crippen molar-refractivity contribution >= 4 is 31.3 Å². The van der Waals surface area contributed by atoms with Crippen LogP contribution in [-0.4, -0.2) is 90.3 Å². The summed E-state index contributed by atoms with van der Waals surface area (Å²) in [6.45, 7) is 0.199. The van der Waals surface area contributed by atoms with Crippen molar-refractivity contribution in [3.05, 3.63) is 23.8 Å². The first-order valence-electron chi connectivity index (χ1n) is 9.22. The van der Waals surface area contributed by atoms with Crippen LogP contribution in [0.4, 0.5) is 10.5 Å². The van der Waals surface area contributed by atoms with Crippen molar-refractivity contribution < 1.29 is 49.0 Å². The molecule has 0 spiro atoms. The third-order valence-corrected chi connectivity index (χ3v) is 4.36. The smallest absolute Gasteiger partial charge is 0.335 e. The van der Waals surface area contributed by atoms with Crippen LogP contribution >= 0.6 is 0 Å². The third-order valence-electron chi connectivity index (χ3n) is 4.36. The minimum atomic E-state index is -1.87. The van der Waals surface area contributed by atoms with E-state index in [2.05, 4.69) is 10.6 Å². The van der Waals surface area contributed by atoms with Gasteiger partial charge in [0.15, 0.2) is 6.10 Å². The van der Waals surface area contributed by atoms with Crippen molar-refractivity contribution in [2.24, 2.45) is 0 Å². The molecule has 31 heavy (non-hydrogen) atoms. The van der Waals surface area contributed by atoms with Crippen molar-refractivity contribution in [1.29, 1.82) is 0 Å². The lowest BCUT2D eigenvalue weighted by Crippen LogP contribution is -2.61. The molecule has 13 heteroatoms. The van der Waals surface area contributed by atoms with Crippen LogP contribution in [0.25, 0.3) is 0 Å². The minimum Gasteiger partial charge on any atom is -0.479 e. The topological polar surface area (TPSA) is 184 Å². The predicted octanol–water partition coefficient (Wildman–Crippen LogP) is -1.69. The number of anilines is 1. The fourth-order valence-corrected chi connectivity index (χ4v) is 2.75. The minimum absolute atomic E-state index is 0.0302. The Labute approximate surface area is 178 Å². The Morgan fingerprint density at radius 2 is 1.87 bits per heavy atom. The Morgan fingerprint density at radius 3 is 2.48 bits per heavy atom. The lowest BCUT2D eigenvalue weighted by Gasteiger charge is -2.38. The van der Waals surface area contributed by atoms with Crippen LogP contribution in [0.1, 0.15) is 12.0 Å². The summed E-state index contributed by atoms with van der Waals surface area (Å²) in [5.74, 6) is -2.98. The van der Waals surface area contributed by atoms with Crippen molar-refractivity contribution in [1.82, 2.24) is 5.32 Å². The molecular formula is C18H23BN2O10. The maximum atomic E-state index is 12.2. The first-order chi connectivity index (χ1) is 14.6. The number of rotatable bonds is 9. The Balaban J connectivity index is 2.26. The van der Waals surface area contributed by atoms with Gasteiger partial charge in [0.25, 0.3) is 0 Å². The fourth-order valence-electron chi connectivity index (χ4n) is 2.75. The summed E-state index contributed by atoms with van der Waals surface area (Å²) in [6.07, 6.45) is -8.90. The SMILES string of the molecule is [B]C(=O)OCc1ccc(OC2OC(C(=O)O)C(O)C(O)C2O)c(NC(=O)CCNC)c1. The number of aliphatic hydroxyl groups is 3. The highest BCUT2D eigenvalue weighted by Crippen LogP contribution is 2.31. The summed E-state index contributed by atoms with van der Waals surface area (Å²) in [4.78, 5) is 34.2. The molecule has 1 aromatic rings. The molecule has 12 nitrogen and oxygen atoms in total. The molecule has 6 N–H and O–H groups in total. The van der Waals surface area contributed by atoms with E-state index in [1.165, 1.54) is 18.2 Å². The number of ether oxygens (including phenoxy) is 3. The number of hydrogen-bond acceptors (Lipinski definition) is 10. The van der Waals surface area contributed by atoms with Crippen LogP contribution in [0.2, 0.25) is 0 Å². The van der Waals surface area contributed by atoms with Crippen LogP contribution in [0, 0.1) is 0 Å². The molecule has 2 radical (unpaired) electrons. The number of carboxylic acids is 1. The van der Waals surface area contributed by atoms with Gasteiger partial charge >= 0.3 is 5.97 Å². The lowest BCUT2D eigenvalue weighted by atomic mass is 9.99. The van der Waals surface area contributed by atoms with Gasteiger partial charge in [-0.1, -0.05) is 6.07 Å². The van der Waals surface area contributed by atoms with E-state index in [0.717, 1.165) is 0 Å². The van der Waals surface area contributed by atoms with E-state index >= 15 is 0 Å². The van der Waals surface area contributed by atoms with E-state index in [1.807, 2.05) is 0 Å². The third kappa shape index (κ3) is 6.64. The van der Waals surface area contributed by atoms with Crippen molar-refractivity contribution in [3.63, 3.8) is 0 Å². The zero-order valence-electron chi connectivity index (χ0n) is 16.6. The second kappa shape index (κ2) is 11.1. The second-order valence-electron chi connectivity index (χ2n) is 6.69. The molecule has 0 saturated carbocycles. The maximum absolute atomic E-state index is 12.2. The molecule has 5 atom stereocenters. The highest BCUT2D eigenvalue weighted by molar-refractivity contribution is 6.55. The molecule has 1 saturated heterocycles. The Bertz CT molecular complexity index is 808. The standard InChI is InChI=1S/C18H23BN2O10/c1-20-5-4-11(22)21-9-6-8(7-29-18(19)28)2-3-10(9)30-17-14(25)12(23)13(24)15(31-17)16(26)27/h2-3,6,12-15,17,20,23-25H,4-5,7H2,1H3,(H,21,22)(H,26,27). The highest BCUT2D eigenvalue weighted by Gasteiger charge is 2.48. The molecule has 0 bridgehead atoms. The summed E-state index contributed by atoms with van der Waals surface area (Å²) in [5.41, 5.74) is 0.550. The number of carboxylic acid groups (broad SMARTS) is 1. The number of benzene rings is 1. The summed E-state index contributed by atoms with van der Waals surface area (Å²) in [6, 6.07) is 4.25. The normalized spacial score (nSPS) is 25.5. The molecule has 1 aliphatic rings. The average molecular weight is 438 g/mol. The lowest BCUT2D eigenvalue weighted by molar-refractivity contribution is -0.271. The van der Waals surface area contributed by atoms with Crippen LogP contribution in [0.15, 0.2) is 18.2 Å². The zero-order chi connectivity index (χ0) is 23.1. The van der Waals surface area contributed by atoms with Crippen LogP contribution in [0.3, 0.4) is 0 Å². The fraction of sp³-hybridized carbons (Fsp3) is 0.500. The van der Waals surface area contributed by atoms with Crippen molar-refractivity contribution in [2.75, 3.05) is 18.9 Å². The summed E-state index contributed by atoms with van der Waals surface area (Å²) in [7, 11) is 6.62. The van der Waals surface area contributed by atoms with E-state index < -0.39 is 48.5 Å². The van der Waals surface area contributed by atoms with Crippen molar-refractivity contribution in [3.8, 4) is 5.75 Å². The monoisotopic (exact) mass is 438 g/mol. The van der Waals surface area contributed by atoms with E-state index in [0.29, 0.717) is 12.1 Å². The quantitative estimate of drug-likeness (QED) is 0.242. The van der Waals surface area contributed by atoms with Gasteiger partial charge in [0.05, 0.1) is 5.69 Å². The van der Waals surface area contributed by atoms with Crippen LogP contribution in [-0.2, 0) is 25.7 Å². The Morgan fingerprint density at radius 1 is 1.16 bits per heavy atom. The number of hydrogen-bond donors (Lipinski definition) is 6. The van der Waals surface area contributed by atoms with E-state index in [9.17, 15) is 29.7 Å². The second-order valence-corrected chi connectivity index (χ2v) is 6.69. The number of aliphatic hydroxyl groups excluding tert-OH is 3. The Hall–Kier alpha value is -2.71. The molecule has 1 amide bonds. The van der Waals surface area contributed by atoms with Gasteiger partial charge in [-0.2, -0.15) is 0 Å². The highest BCUT2D eigenvalue weighted by atomic mass is 16.7. The summed E-state index contributed by atoms with van der Waals surface area (Å²) < 4.78 is 15.3. The predicted molar refractivity (Wildman–Crippen MR) is 104 cm³/mol. The molecule has 2 rings (SSSR count). The Kier molecular flexibility index (Phi) is 8.77. The number of aliphatic carboxylic acids is 1. The zero-order valence-corrected chi connectivity index (χ0v) is 16.6. The van der Waals surface area contributed by atoms with E-state index in [4.69, 9.17) is 27.2 Å². The summed E-state index contributed by atoms with van der Waals surface area (Å²) in [5, 5.41) is 44.4. The number of amides is 1. The van der Waals surface area contributed by atoms with Gasteiger partial charge in [0, 0.05) is 13.0 Å². The summed E-state index contributed by atoms with van der Waals surface area (Å²) >= 11 is 0.